The second-order valence-electron chi connectivity index (χ2n) is 4.60. The van der Waals surface area contributed by atoms with Crippen molar-refractivity contribution in [3.8, 4) is 5.75 Å². The Morgan fingerprint density at radius 2 is 1.95 bits per heavy atom. The first-order valence-electron chi connectivity index (χ1n) is 6.56. The summed E-state index contributed by atoms with van der Waals surface area (Å²) in [6.45, 7) is 2.71. The Morgan fingerprint density at radius 3 is 2.57 bits per heavy atom. The Morgan fingerprint density at radius 1 is 1.24 bits per heavy atom. The summed E-state index contributed by atoms with van der Waals surface area (Å²) in [5.74, 6) is -0.492. The van der Waals surface area contributed by atoms with Crippen LogP contribution in [-0.4, -0.2) is 19.7 Å². The van der Waals surface area contributed by atoms with Crippen LogP contribution in [0.4, 0.5) is 4.39 Å². The molecule has 0 atom stereocenters. The van der Waals surface area contributed by atoms with Crippen LogP contribution in [0, 0.1) is 12.7 Å². The first kappa shape index (κ1) is 15.0. The molecule has 0 bridgehead atoms. The smallest absolute Gasteiger partial charge is 0.338 e. The number of carbonyl (C=O) groups excluding carboxylic acids is 1. The number of aromatic nitrogens is 1. The topological polar surface area (TPSA) is 39.4 Å². The predicted molar refractivity (Wildman–Crippen MR) is 74.6 cm³/mol. The molecule has 1 aromatic carbocycles. The number of carbonyl (C=O) groups is 1. The van der Waals surface area contributed by atoms with E-state index in [1.54, 1.807) is 36.7 Å². The monoisotopic (exact) mass is 290 g/mol. The Kier molecular flexibility index (Phi) is 4.87. The molecule has 0 spiro atoms. The third-order valence-corrected chi connectivity index (χ3v) is 3.01. The molecule has 0 aliphatic carbocycles. The summed E-state index contributed by atoms with van der Waals surface area (Å²) in [7, 11) is 1.34. The minimum Gasteiger partial charge on any atom is -0.484 e. The molecule has 21 heavy (non-hydrogen) atoms. The van der Waals surface area contributed by atoms with E-state index in [2.05, 4.69) is 4.74 Å². The number of halogens is 1. The van der Waals surface area contributed by atoms with Gasteiger partial charge in [0, 0.05) is 12.1 Å². The first-order valence-corrected chi connectivity index (χ1v) is 6.56. The van der Waals surface area contributed by atoms with E-state index < -0.39 is 0 Å². The summed E-state index contributed by atoms with van der Waals surface area (Å²) in [5.41, 5.74) is 1.34. The summed E-state index contributed by atoms with van der Waals surface area (Å²) >= 11 is 0. The zero-order valence-electron chi connectivity index (χ0n) is 12.0. The number of ether oxygens (including phenoxy) is 2. The molecule has 0 unspecified atom stereocenters. The number of hydrogen-bond acceptors (Lipinski definition) is 3. The van der Waals surface area contributed by atoms with Crippen molar-refractivity contribution in [2.45, 2.75) is 13.5 Å². The van der Waals surface area contributed by atoms with Gasteiger partial charge in [-0.2, -0.15) is 0 Å². The first-order chi connectivity index (χ1) is 10.1. The van der Waals surface area contributed by atoms with Crippen LogP contribution in [0.15, 0.2) is 42.7 Å². The van der Waals surface area contributed by atoms with Crippen LogP contribution in [0.25, 0.3) is 0 Å². The number of aryl methyl sites for hydroxylation is 1. The Labute approximate surface area is 122 Å². The second kappa shape index (κ2) is 6.83. The quantitative estimate of drug-likeness (QED) is 0.626. The molecule has 2 rings (SSSR count). The molecule has 1 aromatic heterocycles. The summed E-state index contributed by atoms with van der Waals surface area (Å²) in [6, 6.07) is 8.19. The molecule has 0 saturated heterocycles. The van der Waals surface area contributed by atoms with Crippen molar-refractivity contribution in [2.24, 2.45) is 0 Å². The number of hydrogen-bond donors (Lipinski definition) is 0. The number of rotatable bonds is 5. The highest BCUT2D eigenvalue weighted by molar-refractivity contribution is 5.88. The van der Waals surface area contributed by atoms with E-state index in [1.807, 2.05) is 11.5 Å². The van der Waals surface area contributed by atoms with E-state index in [-0.39, 0.29) is 17.5 Å². The van der Waals surface area contributed by atoms with E-state index >= 15 is 0 Å². The maximum absolute atomic E-state index is 13.6. The molecule has 1 heterocycles. The number of methoxy groups -OCH3 is 1. The second-order valence-corrected chi connectivity index (χ2v) is 4.60. The van der Waals surface area contributed by atoms with Gasteiger partial charge in [-0.05, 0) is 24.6 Å². The van der Waals surface area contributed by atoms with Crippen molar-refractivity contribution in [2.75, 3.05) is 13.7 Å². The van der Waals surface area contributed by atoms with E-state index in [1.165, 1.54) is 13.2 Å². The van der Waals surface area contributed by atoms with Crippen LogP contribution in [-0.2, 0) is 11.3 Å². The molecule has 0 amide bonds. The van der Waals surface area contributed by atoms with Gasteiger partial charge in [0.1, 0.15) is 6.61 Å². The molecule has 4 nitrogen and oxygen atoms in total. The normalized spacial score (nSPS) is 10.2. The van der Waals surface area contributed by atoms with Crippen LogP contribution in [0.2, 0.25) is 0 Å². The van der Waals surface area contributed by atoms with Gasteiger partial charge < -0.3 is 9.47 Å². The highest BCUT2D eigenvalue weighted by atomic mass is 19.1. The molecule has 110 valence electrons. The number of nitrogens with zero attached hydrogens (tertiary/aromatic N) is 1. The van der Waals surface area contributed by atoms with E-state index in [0.717, 1.165) is 5.56 Å². The van der Waals surface area contributed by atoms with Crippen LogP contribution in [0.5, 0.6) is 5.75 Å². The molecular formula is C16H17FNO3+. The van der Waals surface area contributed by atoms with Crippen LogP contribution < -0.4 is 9.30 Å². The molecule has 2 aromatic rings. The highest BCUT2D eigenvalue weighted by Crippen LogP contribution is 2.17. The van der Waals surface area contributed by atoms with Gasteiger partial charge in [-0.3, -0.25) is 0 Å². The molecule has 0 aliphatic rings. The number of pyridine rings is 1. The summed E-state index contributed by atoms with van der Waals surface area (Å²) < 4.78 is 25.5. The van der Waals surface area contributed by atoms with Crippen molar-refractivity contribution < 1.29 is 23.2 Å². The van der Waals surface area contributed by atoms with Crippen molar-refractivity contribution in [3.05, 3.63) is 59.7 Å². The zero-order valence-corrected chi connectivity index (χ0v) is 12.0. The standard InChI is InChI=1S/C16H17FNO3/c1-12-3-4-15(14(17)11-12)21-10-9-18-7-5-13(6-8-18)16(19)20-2/h3-8,11H,9-10H2,1-2H3/q+1. The van der Waals surface area contributed by atoms with Gasteiger partial charge >= 0.3 is 5.97 Å². The fraction of sp³-hybridized carbons (Fsp3) is 0.250. The Bertz CT molecular complexity index is 626. The largest absolute Gasteiger partial charge is 0.484 e. The van der Waals surface area contributed by atoms with Crippen molar-refractivity contribution in [1.29, 1.82) is 0 Å². The van der Waals surface area contributed by atoms with Gasteiger partial charge in [0.2, 0.25) is 0 Å². The Balaban J connectivity index is 1.90. The predicted octanol–water partition coefficient (Wildman–Crippen LogP) is 2.29. The molecule has 0 saturated carbocycles. The van der Waals surface area contributed by atoms with Gasteiger partial charge in [-0.25, -0.2) is 13.8 Å². The lowest BCUT2D eigenvalue weighted by Crippen LogP contribution is -2.36. The molecule has 0 fully saturated rings. The van der Waals surface area contributed by atoms with Crippen molar-refractivity contribution >= 4 is 5.97 Å². The fourth-order valence-corrected chi connectivity index (χ4v) is 1.84. The summed E-state index contributed by atoms with van der Waals surface area (Å²) in [5, 5.41) is 0. The maximum atomic E-state index is 13.6. The maximum Gasteiger partial charge on any atom is 0.338 e. The molecular weight excluding hydrogens is 273 g/mol. The van der Waals surface area contributed by atoms with Gasteiger partial charge in [0.05, 0.1) is 12.7 Å². The van der Waals surface area contributed by atoms with Crippen molar-refractivity contribution in [1.82, 2.24) is 0 Å². The molecule has 0 N–H and O–H groups in total. The average molecular weight is 290 g/mol. The fourth-order valence-electron chi connectivity index (χ4n) is 1.84. The SMILES string of the molecule is COC(=O)c1cc[n+](CCOc2ccc(C)cc2F)cc1. The lowest BCUT2D eigenvalue weighted by Gasteiger charge is -2.06. The molecule has 5 heteroatoms. The van der Waals surface area contributed by atoms with Crippen LogP contribution >= 0.6 is 0 Å². The highest BCUT2D eigenvalue weighted by Gasteiger charge is 2.09. The number of esters is 1. The number of benzene rings is 1. The van der Waals surface area contributed by atoms with Gasteiger partial charge in [-0.15, -0.1) is 0 Å². The third-order valence-electron chi connectivity index (χ3n) is 3.01. The van der Waals surface area contributed by atoms with E-state index in [9.17, 15) is 9.18 Å². The van der Waals surface area contributed by atoms with Gasteiger partial charge in [0.15, 0.2) is 30.5 Å². The Hall–Kier alpha value is -2.43. The van der Waals surface area contributed by atoms with Gasteiger partial charge in [-0.1, -0.05) is 6.07 Å². The molecule has 0 aliphatic heterocycles. The minimum absolute atomic E-state index is 0.243. The minimum atomic E-state index is -0.375. The van der Waals surface area contributed by atoms with Crippen LogP contribution in [0.1, 0.15) is 15.9 Å². The summed E-state index contributed by atoms with van der Waals surface area (Å²) in [4.78, 5) is 11.3. The van der Waals surface area contributed by atoms with Crippen LogP contribution in [0.3, 0.4) is 0 Å². The van der Waals surface area contributed by atoms with Crippen molar-refractivity contribution in [3.63, 3.8) is 0 Å². The third kappa shape index (κ3) is 4.02. The average Bonchev–Trinajstić information content (AvgIpc) is 2.49. The zero-order chi connectivity index (χ0) is 15.2. The van der Waals surface area contributed by atoms with Gasteiger partial charge in [0.25, 0.3) is 0 Å². The summed E-state index contributed by atoms with van der Waals surface area (Å²) in [6.07, 6.45) is 3.50. The lowest BCUT2D eigenvalue weighted by atomic mass is 10.2. The van der Waals surface area contributed by atoms with E-state index in [0.29, 0.717) is 18.7 Å². The lowest BCUT2D eigenvalue weighted by molar-refractivity contribution is -0.697. The van der Waals surface area contributed by atoms with E-state index in [4.69, 9.17) is 4.74 Å². The molecule has 0 radical (unpaired) electrons.